The number of rotatable bonds is 8. The molecule has 11 aromatic rings. The van der Waals surface area contributed by atoms with Crippen LogP contribution in [0.2, 0.25) is 0 Å². The van der Waals surface area contributed by atoms with Crippen LogP contribution in [0.1, 0.15) is 0 Å². The van der Waals surface area contributed by atoms with Crippen LogP contribution >= 0.6 is 11.3 Å². The zero-order valence-electron chi connectivity index (χ0n) is 31.1. The Kier molecular flexibility index (Phi) is 8.26. The van der Waals surface area contributed by atoms with Gasteiger partial charge < -0.3 is 13.7 Å². The summed E-state index contributed by atoms with van der Waals surface area (Å²) in [6, 6.07) is 69.6. The quantitative estimate of drug-likeness (QED) is 0.154. The largest absolute Gasteiger partial charge is 0.436 e. The van der Waals surface area contributed by atoms with Crippen LogP contribution in [0.3, 0.4) is 0 Å². The van der Waals surface area contributed by atoms with Gasteiger partial charge in [0.25, 0.3) is 0 Å². The summed E-state index contributed by atoms with van der Waals surface area (Å²) in [6.45, 7) is 0. The van der Waals surface area contributed by atoms with E-state index in [1.165, 1.54) is 20.5 Å². The van der Waals surface area contributed by atoms with Crippen LogP contribution in [0, 0.1) is 0 Å². The molecule has 3 heterocycles. The lowest BCUT2D eigenvalue weighted by atomic mass is 10.0. The van der Waals surface area contributed by atoms with Crippen molar-refractivity contribution in [3.05, 3.63) is 200 Å². The predicted octanol–water partition coefficient (Wildman–Crippen LogP) is 15.0. The molecule has 0 spiro atoms. The maximum absolute atomic E-state index is 6.21. The van der Waals surface area contributed by atoms with Gasteiger partial charge in [-0.3, -0.25) is 0 Å². The lowest BCUT2D eigenvalue weighted by molar-refractivity contribution is 0.619. The number of aromatic nitrogens is 2. The lowest BCUT2D eigenvalue weighted by Crippen LogP contribution is -2.09. The van der Waals surface area contributed by atoms with Crippen molar-refractivity contribution in [3.63, 3.8) is 0 Å². The van der Waals surface area contributed by atoms with E-state index in [9.17, 15) is 0 Å². The van der Waals surface area contributed by atoms with Crippen LogP contribution < -0.4 is 4.90 Å². The Hall–Kier alpha value is -7.54. The van der Waals surface area contributed by atoms with Crippen LogP contribution in [0.25, 0.3) is 87.9 Å². The van der Waals surface area contributed by atoms with E-state index in [1.807, 2.05) is 84.1 Å². The van der Waals surface area contributed by atoms with Crippen LogP contribution in [0.4, 0.5) is 17.1 Å². The van der Waals surface area contributed by atoms with E-state index in [-0.39, 0.29) is 0 Å². The number of thiophene rings is 1. The second-order valence-corrected chi connectivity index (χ2v) is 15.3. The molecular formula is C52H33N3O2S. The Balaban J connectivity index is 0.930. The van der Waals surface area contributed by atoms with Gasteiger partial charge in [-0.1, -0.05) is 103 Å². The van der Waals surface area contributed by atoms with Gasteiger partial charge in [0.15, 0.2) is 11.2 Å². The first kappa shape index (κ1) is 33.8. The molecule has 3 aromatic heterocycles. The number of benzene rings is 8. The molecule has 0 saturated heterocycles. The molecular weight excluding hydrogens is 731 g/mol. The SMILES string of the molecule is c1ccc(-c2nc3ccc(-c4ccc(N(c5ccc(-c6ccc7nc(-c8ccccc8)oc7c6)cc5)c5ccc(-c6cc7ccccc7s6)cc5)cc4)cc3o2)cc1. The van der Waals surface area contributed by atoms with Crippen molar-refractivity contribution < 1.29 is 8.83 Å². The van der Waals surface area contributed by atoms with E-state index in [1.54, 1.807) is 0 Å². The number of anilines is 3. The van der Waals surface area contributed by atoms with E-state index in [0.29, 0.717) is 11.8 Å². The Morgan fingerprint density at radius 3 is 1.28 bits per heavy atom. The molecule has 6 heteroatoms. The van der Waals surface area contributed by atoms with Crippen molar-refractivity contribution in [2.24, 2.45) is 0 Å². The second-order valence-electron chi connectivity index (χ2n) is 14.3. The van der Waals surface area contributed by atoms with Crippen molar-refractivity contribution in [1.29, 1.82) is 0 Å². The van der Waals surface area contributed by atoms with Gasteiger partial charge in [-0.15, -0.1) is 11.3 Å². The van der Waals surface area contributed by atoms with Crippen molar-refractivity contribution in [1.82, 2.24) is 9.97 Å². The summed E-state index contributed by atoms with van der Waals surface area (Å²) in [5, 5.41) is 1.27. The van der Waals surface area contributed by atoms with Crippen molar-refractivity contribution in [2.75, 3.05) is 4.90 Å². The highest BCUT2D eigenvalue weighted by Crippen LogP contribution is 2.40. The predicted molar refractivity (Wildman–Crippen MR) is 239 cm³/mol. The van der Waals surface area contributed by atoms with E-state index < -0.39 is 0 Å². The van der Waals surface area contributed by atoms with Gasteiger partial charge in [0.05, 0.1) is 0 Å². The summed E-state index contributed by atoms with van der Waals surface area (Å²) >= 11 is 1.82. The fourth-order valence-corrected chi connectivity index (χ4v) is 8.64. The first-order valence-corrected chi connectivity index (χ1v) is 20.0. The number of oxazole rings is 2. The van der Waals surface area contributed by atoms with Gasteiger partial charge in [-0.05, 0) is 130 Å². The highest BCUT2D eigenvalue weighted by atomic mass is 32.1. The van der Waals surface area contributed by atoms with Crippen LogP contribution in [-0.4, -0.2) is 9.97 Å². The fraction of sp³-hybridized carbons (Fsp3) is 0. The highest BCUT2D eigenvalue weighted by Gasteiger charge is 2.16. The van der Waals surface area contributed by atoms with Gasteiger partial charge in [0.1, 0.15) is 11.0 Å². The first-order chi connectivity index (χ1) is 28.7. The Bertz CT molecular complexity index is 3010. The third-order valence-corrected chi connectivity index (χ3v) is 11.7. The van der Waals surface area contributed by atoms with Gasteiger partial charge in [-0.25, -0.2) is 9.97 Å². The zero-order chi connectivity index (χ0) is 38.4. The molecule has 58 heavy (non-hydrogen) atoms. The maximum atomic E-state index is 6.21. The van der Waals surface area contributed by atoms with E-state index >= 15 is 0 Å². The average Bonchev–Trinajstić information content (AvgIpc) is 4.05. The summed E-state index contributed by atoms with van der Waals surface area (Å²) in [5.74, 6) is 1.25. The Morgan fingerprint density at radius 2 is 0.793 bits per heavy atom. The average molecular weight is 764 g/mol. The van der Waals surface area contributed by atoms with Crippen LogP contribution in [0.5, 0.6) is 0 Å². The summed E-state index contributed by atoms with van der Waals surface area (Å²) < 4.78 is 13.7. The highest BCUT2D eigenvalue weighted by molar-refractivity contribution is 7.22. The lowest BCUT2D eigenvalue weighted by Gasteiger charge is -2.26. The minimum atomic E-state index is 0.624. The third kappa shape index (κ3) is 6.32. The van der Waals surface area contributed by atoms with Crippen molar-refractivity contribution in [2.45, 2.75) is 0 Å². The van der Waals surface area contributed by atoms with E-state index in [0.717, 1.165) is 72.6 Å². The molecule has 0 bridgehead atoms. The fourth-order valence-electron chi connectivity index (χ4n) is 7.57. The maximum Gasteiger partial charge on any atom is 0.227 e. The minimum Gasteiger partial charge on any atom is -0.436 e. The summed E-state index contributed by atoms with van der Waals surface area (Å²) in [5.41, 5.74) is 13.8. The number of fused-ring (bicyclic) bond motifs is 3. The molecule has 0 aliphatic rings. The standard InChI is InChI=1S/C52H33N3O2S/c1-3-9-37(10-4-1)51-53-45-29-21-39(31-47(45)56-51)34-15-23-42(24-16-34)55(44-27-19-36(20-28-44)50-33-41-13-7-8-14-49(41)58-50)43-25-17-35(18-26-43)40-22-30-46-48(32-40)57-52(54-46)38-11-5-2-6-12-38/h1-33H. The Labute approximate surface area is 338 Å². The van der Waals surface area contributed by atoms with E-state index in [2.05, 4.69) is 132 Å². The first-order valence-electron chi connectivity index (χ1n) is 19.2. The minimum absolute atomic E-state index is 0.624. The smallest absolute Gasteiger partial charge is 0.227 e. The molecule has 0 atom stereocenters. The molecule has 0 radical (unpaired) electrons. The monoisotopic (exact) mass is 763 g/mol. The summed E-state index contributed by atoms with van der Waals surface area (Å²) in [6.07, 6.45) is 0. The normalized spacial score (nSPS) is 11.4. The van der Waals surface area contributed by atoms with Crippen molar-refractivity contribution >= 4 is 60.7 Å². The van der Waals surface area contributed by atoms with Gasteiger partial charge in [0, 0.05) is 37.8 Å². The molecule has 0 N–H and O–H groups in total. The molecule has 0 aliphatic carbocycles. The molecule has 5 nitrogen and oxygen atoms in total. The molecule has 0 saturated carbocycles. The van der Waals surface area contributed by atoms with Gasteiger partial charge >= 0.3 is 0 Å². The summed E-state index contributed by atoms with van der Waals surface area (Å²) in [7, 11) is 0. The molecule has 0 fully saturated rings. The van der Waals surface area contributed by atoms with Crippen LogP contribution in [0.15, 0.2) is 209 Å². The van der Waals surface area contributed by atoms with Crippen LogP contribution in [-0.2, 0) is 0 Å². The number of hydrogen-bond acceptors (Lipinski definition) is 6. The number of hydrogen-bond donors (Lipinski definition) is 0. The molecule has 11 rings (SSSR count). The Morgan fingerprint density at radius 1 is 0.362 bits per heavy atom. The molecule has 274 valence electrons. The van der Waals surface area contributed by atoms with Gasteiger partial charge in [-0.2, -0.15) is 0 Å². The van der Waals surface area contributed by atoms with Gasteiger partial charge in [0.2, 0.25) is 11.8 Å². The molecule has 0 aliphatic heterocycles. The number of nitrogens with zero attached hydrogens (tertiary/aromatic N) is 3. The third-order valence-electron chi connectivity index (χ3n) is 10.6. The topological polar surface area (TPSA) is 55.3 Å². The molecule has 8 aromatic carbocycles. The van der Waals surface area contributed by atoms with Crippen molar-refractivity contribution in [3.8, 4) is 55.6 Å². The summed E-state index contributed by atoms with van der Waals surface area (Å²) in [4.78, 5) is 13.0. The zero-order valence-corrected chi connectivity index (χ0v) is 31.9. The molecule has 0 amide bonds. The second kappa shape index (κ2) is 14.2. The molecule has 0 unspecified atom stereocenters. The van der Waals surface area contributed by atoms with E-state index in [4.69, 9.17) is 18.8 Å².